The molecule has 52 heavy (non-hydrogen) atoms. The van der Waals surface area contributed by atoms with Gasteiger partial charge < -0.3 is 0 Å². The van der Waals surface area contributed by atoms with Gasteiger partial charge in [0.05, 0.1) is 0 Å². The van der Waals surface area contributed by atoms with Crippen LogP contribution in [0.1, 0.15) is 0 Å². The minimum Gasteiger partial charge on any atom is -0.0616 e. The Bertz CT molecular complexity index is 3120. The fraction of sp³-hybridized carbons (Fsp3) is 0. The summed E-state index contributed by atoms with van der Waals surface area (Å²) >= 11 is 0. The number of fused-ring (bicyclic) bond motifs is 8. The van der Waals surface area contributed by atoms with Crippen LogP contribution in [0, 0.1) is 0 Å². The van der Waals surface area contributed by atoms with Gasteiger partial charge in [-0.25, -0.2) is 0 Å². The average Bonchev–Trinajstić information content (AvgIpc) is 3.22. The highest BCUT2D eigenvalue weighted by atomic mass is 14.3. The predicted molar refractivity (Wildman–Crippen MR) is 225 cm³/mol. The maximum Gasteiger partial charge on any atom is -0.00139 e. The molecule has 0 aliphatic heterocycles. The van der Waals surface area contributed by atoms with Crippen molar-refractivity contribution in [3.8, 4) is 33.4 Å². The van der Waals surface area contributed by atoms with Crippen LogP contribution in [0.4, 0.5) is 0 Å². The summed E-state index contributed by atoms with van der Waals surface area (Å²) in [5.74, 6) is 0. The van der Waals surface area contributed by atoms with E-state index in [1.54, 1.807) is 0 Å². The smallest absolute Gasteiger partial charge is 0.00139 e. The molecule has 0 aliphatic carbocycles. The highest BCUT2D eigenvalue weighted by molar-refractivity contribution is 6.32. The largest absolute Gasteiger partial charge is 0.0616 e. The van der Waals surface area contributed by atoms with Crippen molar-refractivity contribution in [1.82, 2.24) is 0 Å². The second kappa shape index (κ2) is 11.4. The van der Waals surface area contributed by atoms with Gasteiger partial charge in [-0.2, -0.15) is 0 Å². The van der Waals surface area contributed by atoms with E-state index in [4.69, 9.17) is 0 Å². The Hall–Kier alpha value is -6.76. The van der Waals surface area contributed by atoms with Crippen LogP contribution in [0.25, 0.3) is 109 Å². The highest BCUT2D eigenvalue weighted by Crippen LogP contribution is 2.51. The minimum atomic E-state index is 1.26. The lowest BCUT2D eigenvalue weighted by Crippen LogP contribution is -1.95. The van der Waals surface area contributed by atoms with E-state index >= 15 is 0 Å². The molecule has 0 bridgehead atoms. The lowest BCUT2D eigenvalue weighted by Gasteiger charge is -2.23. The third-order valence-corrected chi connectivity index (χ3v) is 11.2. The summed E-state index contributed by atoms with van der Waals surface area (Å²) in [5, 5.41) is 17.8. The van der Waals surface area contributed by atoms with Crippen molar-refractivity contribution in [2.75, 3.05) is 0 Å². The van der Waals surface area contributed by atoms with Crippen LogP contribution >= 0.6 is 0 Å². The maximum absolute atomic E-state index is 2.41. The van der Waals surface area contributed by atoms with Crippen LogP contribution < -0.4 is 0 Å². The lowest BCUT2D eigenvalue weighted by atomic mass is 9.80. The van der Waals surface area contributed by atoms with Crippen LogP contribution in [0.3, 0.4) is 0 Å². The van der Waals surface area contributed by atoms with Crippen LogP contribution in [0.2, 0.25) is 0 Å². The van der Waals surface area contributed by atoms with Gasteiger partial charge in [0.2, 0.25) is 0 Å². The Morgan fingerprint density at radius 3 is 1.00 bits per heavy atom. The molecule has 11 rings (SSSR count). The zero-order chi connectivity index (χ0) is 34.2. The van der Waals surface area contributed by atoms with E-state index < -0.39 is 0 Å². The van der Waals surface area contributed by atoms with E-state index in [1.807, 2.05) is 0 Å². The summed E-state index contributed by atoms with van der Waals surface area (Å²) in [6.45, 7) is 0. The zero-order valence-corrected chi connectivity index (χ0v) is 28.5. The molecule has 0 fully saturated rings. The first-order valence-corrected chi connectivity index (χ1v) is 18.1. The average molecular weight is 657 g/mol. The third kappa shape index (κ3) is 4.16. The number of rotatable bonds is 3. The fourth-order valence-electron chi connectivity index (χ4n) is 9.08. The lowest BCUT2D eigenvalue weighted by molar-refractivity contribution is 1.69. The van der Waals surface area contributed by atoms with Gasteiger partial charge in [0.25, 0.3) is 0 Å². The SMILES string of the molecule is c1ccc2c(-c3c4ccccc4c(-c4c5ccccc5c(-c5cc6ccccc6c6ccccc56)c5ccccc45)c4ccccc34)cccc2c1. The van der Waals surface area contributed by atoms with Gasteiger partial charge in [0.15, 0.2) is 0 Å². The Morgan fingerprint density at radius 1 is 0.173 bits per heavy atom. The van der Waals surface area contributed by atoms with Crippen LogP contribution in [0.15, 0.2) is 194 Å². The van der Waals surface area contributed by atoms with Crippen LogP contribution in [0.5, 0.6) is 0 Å². The summed E-state index contributed by atoms with van der Waals surface area (Å²) in [6.07, 6.45) is 0. The molecule has 0 aromatic heterocycles. The molecule has 11 aromatic carbocycles. The van der Waals surface area contributed by atoms with E-state index in [9.17, 15) is 0 Å². The normalized spacial score (nSPS) is 11.8. The molecule has 0 saturated carbocycles. The summed E-state index contributed by atoms with van der Waals surface area (Å²) in [7, 11) is 0. The topological polar surface area (TPSA) is 0 Å². The van der Waals surface area contributed by atoms with Crippen molar-refractivity contribution >= 4 is 75.4 Å². The minimum absolute atomic E-state index is 1.26. The molecule has 0 nitrogen and oxygen atoms in total. The summed E-state index contributed by atoms with van der Waals surface area (Å²) in [5.41, 5.74) is 7.70. The molecule has 0 spiro atoms. The molecule has 0 aliphatic rings. The molecule has 0 N–H and O–H groups in total. The number of hydrogen-bond donors (Lipinski definition) is 0. The number of benzene rings is 11. The van der Waals surface area contributed by atoms with Crippen LogP contribution in [-0.4, -0.2) is 0 Å². The van der Waals surface area contributed by atoms with E-state index in [2.05, 4.69) is 194 Å². The quantitative estimate of drug-likeness (QED) is 0.131. The van der Waals surface area contributed by atoms with Gasteiger partial charge in [-0.3, -0.25) is 0 Å². The molecular weight excluding hydrogens is 625 g/mol. The van der Waals surface area contributed by atoms with Crippen molar-refractivity contribution in [3.63, 3.8) is 0 Å². The second-order valence-electron chi connectivity index (χ2n) is 13.9. The van der Waals surface area contributed by atoms with Crippen molar-refractivity contribution < 1.29 is 0 Å². The van der Waals surface area contributed by atoms with Gasteiger partial charge in [-0.05, 0) is 115 Å². The Balaban J connectivity index is 1.32. The summed E-state index contributed by atoms with van der Waals surface area (Å²) < 4.78 is 0. The summed E-state index contributed by atoms with van der Waals surface area (Å²) in [6, 6.07) is 71.9. The Labute approximate surface area is 301 Å². The molecule has 11 aromatic rings. The molecule has 0 unspecified atom stereocenters. The first kappa shape index (κ1) is 29.0. The molecule has 240 valence electrons. The molecule has 0 radical (unpaired) electrons. The van der Waals surface area contributed by atoms with E-state index in [0.717, 1.165) is 0 Å². The molecule has 0 heteroatoms. The molecule has 0 saturated heterocycles. The third-order valence-electron chi connectivity index (χ3n) is 11.2. The van der Waals surface area contributed by atoms with Crippen molar-refractivity contribution in [2.45, 2.75) is 0 Å². The molecule has 0 atom stereocenters. The maximum atomic E-state index is 2.41. The second-order valence-corrected chi connectivity index (χ2v) is 13.9. The van der Waals surface area contributed by atoms with Crippen molar-refractivity contribution in [3.05, 3.63) is 194 Å². The first-order valence-electron chi connectivity index (χ1n) is 18.1. The van der Waals surface area contributed by atoms with Gasteiger partial charge >= 0.3 is 0 Å². The summed E-state index contributed by atoms with van der Waals surface area (Å²) in [4.78, 5) is 0. The molecular formula is C52H32. The van der Waals surface area contributed by atoms with E-state index in [0.29, 0.717) is 0 Å². The first-order chi connectivity index (χ1) is 25.8. The fourth-order valence-corrected chi connectivity index (χ4v) is 9.08. The van der Waals surface area contributed by atoms with Crippen molar-refractivity contribution in [2.24, 2.45) is 0 Å². The Kier molecular flexibility index (Phi) is 6.35. The number of hydrogen-bond acceptors (Lipinski definition) is 0. The highest BCUT2D eigenvalue weighted by Gasteiger charge is 2.23. The predicted octanol–water partition coefficient (Wildman–Crippen LogP) is 14.8. The van der Waals surface area contributed by atoms with Crippen molar-refractivity contribution in [1.29, 1.82) is 0 Å². The zero-order valence-electron chi connectivity index (χ0n) is 28.5. The van der Waals surface area contributed by atoms with E-state index in [-0.39, 0.29) is 0 Å². The monoisotopic (exact) mass is 656 g/mol. The van der Waals surface area contributed by atoms with Gasteiger partial charge in [0, 0.05) is 0 Å². The van der Waals surface area contributed by atoms with E-state index in [1.165, 1.54) is 109 Å². The van der Waals surface area contributed by atoms with Gasteiger partial charge in [-0.15, -0.1) is 0 Å². The van der Waals surface area contributed by atoms with Gasteiger partial charge in [0.1, 0.15) is 0 Å². The van der Waals surface area contributed by atoms with Crippen LogP contribution in [-0.2, 0) is 0 Å². The standard InChI is InChI=1S/C52H32/c1-3-19-35-33(16-1)18-15-31-39(35)49-40-23-7-11-27-44(40)51(45-28-12-8-24-41(45)49)52-46-29-13-9-25-42(46)50(43-26-10-14-30-47(43)52)48-32-34-17-2-4-20-36(34)37-21-5-6-22-38(37)48/h1-32H. The Morgan fingerprint density at radius 2 is 0.500 bits per heavy atom. The molecule has 0 heterocycles. The van der Waals surface area contributed by atoms with Gasteiger partial charge in [-0.1, -0.05) is 188 Å². The molecule has 0 amide bonds.